The molecule has 7 nitrogen and oxygen atoms in total. The first-order valence-corrected chi connectivity index (χ1v) is 11.5. The second-order valence-electron chi connectivity index (χ2n) is 8.95. The number of nitriles is 1. The van der Waals surface area contributed by atoms with Gasteiger partial charge in [-0.2, -0.15) is 5.26 Å². The lowest BCUT2D eigenvalue weighted by atomic mass is 9.88. The number of amides is 2. The molecular weight excluding hydrogens is 414 g/mol. The summed E-state index contributed by atoms with van der Waals surface area (Å²) in [5, 5.41) is 11.9. The van der Waals surface area contributed by atoms with Gasteiger partial charge < -0.3 is 9.47 Å². The van der Waals surface area contributed by atoms with E-state index >= 15 is 0 Å². The van der Waals surface area contributed by atoms with Crippen LogP contribution in [0.5, 0.6) is 0 Å². The van der Waals surface area contributed by atoms with E-state index in [1.807, 2.05) is 43.7 Å². The molecule has 1 aromatic heterocycles. The summed E-state index contributed by atoms with van der Waals surface area (Å²) >= 11 is 0. The summed E-state index contributed by atoms with van der Waals surface area (Å²) in [6.45, 7) is 4.07. The molecule has 0 unspecified atom stereocenters. The molecule has 1 fully saturated rings. The van der Waals surface area contributed by atoms with Crippen LogP contribution in [0.1, 0.15) is 67.9 Å². The van der Waals surface area contributed by atoms with E-state index in [9.17, 15) is 9.59 Å². The molecule has 33 heavy (non-hydrogen) atoms. The maximum atomic E-state index is 13.0. The standard InChI is InChI=1S/C26H29N5O2/c1-17(2)31-23-14-13-21(30(3)25(33)20-7-5-4-6-8-20)15-22(23)28-26(31)29-24(32)19-11-9-18(16-27)10-12-19/h9-15,17,20H,4-8H2,1-3H3,(H,28,29,32). The van der Waals surface area contributed by atoms with Crippen LogP contribution in [-0.2, 0) is 4.79 Å². The second-order valence-corrected chi connectivity index (χ2v) is 8.95. The molecule has 7 heteroatoms. The van der Waals surface area contributed by atoms with Crippen LogP contribution in [0.3, 0.4) is 0 Å². The fourth-order valence-corrected chi connectivity index (χ4v) is 4.53. The molecule has 1 aliphatic rings. The van der Waals surface area contributed by atoms with Crippen LogP contribution >= 0.6 is 0 Å². The van der Waals surface area contributed by atoms with Crippen molar-refractivity contribution in [2.24, 2.45) is 5.92 Å². The fraction of sp³-hybridized carbons (Fsp3) is 0.385. The fourth-order valence-electron chi connectivity index (χ4n) is 4.53. The smallest absolute Gasteiger partial charge is 0.257 e. The van der Waals surface area contributed by atoms with Crippen LogP contribution in [-0.4, -0.2) is 28.4 Å². The van der Waals surface area contributed by atoms with Crippen molar-refractivity contribution in [2.45, 2.75) is 52.0 Å². The Morgan fingerprint density at radius 1 is 1.12 bits per heavy atom. The highest BCUT2D eigenvalue weighted by molar-refractivity contribution is 6.04. The number of aromatic nitrogens is 2. The molecule has 2 amide bonds. The van der Waals surface area contributed by atoms with E-state index in [1.54, 1.807) is 29.2 Å². The zero-order chi connectivity index (χ0) is 23.5. The third-order valence-corrected chi connectivity index (χ3v) is 6.36. The predicted molar refractivity (Wildman–Crippen MR) is 129 cm³/mol. The lowest BCUT2D eigenvalue weighted by Gasteiger charge is -2.26. The normalized spacial score (nSPS) is 14.3. The van der Waals surface area contributed by atoms with E-state index in [0.29, 0.717) is 17.1 Å². The van der Waals surface area contributed by atoms with Gasteiger partial charge in [0.1, 0.15) is 0 Å². The first-order chi connectivity index (χ1) is 15.9. The predicted octanol–water partition coefficient (Wildman–Crippen LogP) is 5.28. The molecule has 0 radical (unpaired) electrons. The number of nitrogens with one attached hydrogen (secondary N) is 1. The van der Waals surface area contributed by atoms with E-state index in [0.717, 1.165) is 42.4 Å². The lowest BCUT2D eigenvalue weighted by Crippen LogP contribution is -2.33. The van der Waals surface area contributed by atoms with Crippen molar-refractivity contribution in [1.29, 1.82) is 5.26 Å². The molecule has 1 heterocycles. The first kappa shape index (κ1) is 22.5. The summed E-state index contributed by atoms with van der Waals surface area (Å²) in [5.41, 5.74) is 3.37. The average molecular weight is 444 g/mol. The van der Waals surface area contributed by atoms with Crippen molar-refractivity contribution in [1.82, 2.24) is 9.55 Å². The Labute approximate surface area is 194 Å². The van der Waals surface area contributed by atoms with Gasteiger partial charge in [-0.1, -0.05) is 19.3 Å². The number of fused-ring (bicyclic) bond motifs is 1. The highest BCUT2D eigenvalue weighted by Crippen LogP contribution is 2.30. The number of anilines is 2. The maximum Gasteiger partial charge on any atom is 0.257 e. The van der Waals surface area contributed by atoms with Crippen molar-refractivity contribution in [3.8, 4) is 6.07 Å². The number of nitrogens with zero attached hydrogens (tertiary/aromatic N) is 4. The lowest BCUT2D eigenvalue weighted by molar-refractivity contribution is -0.123. The summed E-state index contributed by atoms with van der Waals surface area (Å²) in [6.07, 6.45) is 5.36. The number of benzene rings is 2. The number of hydrogen-bond acceptors (Lipinski definition) is 4. The Morgan fingerprint density at radius 2 is 1.82 bits per heavy atom. The summed E-state index contributed by atoms with van der Waals surface area (Å²) in [7, 11) is 1.82. The minimum atomic E-state index is -0.290. The minimum Gasteiger partial charge on any atom is -0.315 e. The Balaban J connectivity index is 1.62. The van der Waals surface area contributed by atoms with Gasteiger partial charge in [-0.05, 0) is 69.2 Å². The van der Waals surface area contributed by atoms with Crippen molar-refractivity contribution >= 4 is 34.5 Å². The van der Waals surface area contributed by atoms with Crippen LogP contribution in [0.4, 0.5) is 11.6 Å². The van der Waals surface area contributed by atoms with Gasteiger partial charge in [0.2, 0.25) is 11.9 Å². The van der Waals surface area contributed by atoms with Gasteiger partial charge in [0, 0.05) is 30.3 Å². The molecule has 3 aromatic rings. The number of carbonyl (C=O) groups is 2. The molecule has 4 rings (SSSR count). The molecule has 1 aliphatic carbocycles. The molecule has 0 saturated heterocycles. The van der Waals surface area contributed by atoms with E-state index in [-0.39, 0.29) is 23.8 Å². The first-order valence-electron chi connectivity index (χ1n) is 11.5. The highest BCUT2D eigenvalue weighted by atomic mass is 16.2. The Kier molecular flexibility index (Phi) is 6.45. The Bertz CT molecular complexity index is 1210. The van der Waals surface area contributed by atoms with E-state index in [1.165, 1.54) is 6.42 Å². The zero-order valence-electron chi connectivity index (χ0n) is 19.3. The van der Waals surface area contributed by atoms with Gasteiger partial charge in [0.25, 0.3) is 5.91 Å². The van der Waals surface area contributed by atoms with Gasteiger partial charge in [-0.3, -0.25) is 14.9 Å². The van der Waals surface area contributed by atoms with Crippen molar-refractivity contribution < 1.29 is 9.59 Å². The van der Waals surface area contributed by atoms with Gasteiger partial charge in [0.05, 0.1) is 22.7 Å². The summed E-state index contributed by atoms with van der Waals surface area (Å²) in [6, 6.07) is 14.4. The number of imidazole rings is 1. The largest absolute Gasteiger partial charge is 0.315 e. The van der Waals surface area contributed by atoms with Crippen LogP contribution in [0.15, 0.2) is 42.5 Å². The number of carbonyl (C=O) groups excluding carboxylic acids is 2. The van der Waals surface area contributed by atoms with Gasteiger partial charge in [-0.25, -0.2) is 4.98 Å². The van der Waals surface area contributed by atoms with Gasteiger partial charge in [-0.15, -0.1) is 0 Å². The third-order valence-electron chi connectivity index (χ3n) is 6.36. The molecular formula is C26H29N5O2. The van der Waals surface area contributed by atoms with Gasteiger partial charge >= 0.3 is 0 Å². The SMILES string of the molecule is CC(C)n1c(NC(=O)c2ccc(C#N)cc2)nc2cc(N(C)C(=O)C3CCCCC3)ccc21. The molecule has 0 atom stereocenters. The second kappa shape index (κ2) is 9.45. The van der Waals surface area contributed by atoms with E-state index in [4.69, 9.17) is 5.26 Å². The zero-order valence-corrected chi connectivity index (χ0v) is 19.3. The molecule has 1 saturated carbocycles. The highest BCUT2D eigenvalue weighted by Gasteiger charge is 2.25. The van der Waals surface area contributed by atoms with E-state index < -0.39 is 0 Å². The van der Waals surface area contributed by atoms with Gasteiger partial charge in [0.15, 0.2) is 0 Å². The molecule has 0 spiro atoms. The average Bonchev–Trinajstić information content (AvgIpc) is 3.20. The summed E-state index contributed by atoms with van der Waals surface area (Å²) in [4.78, 5) is 32.2. The van der Waals surface area contributed by atoms with E-state index in [2.05, 4.69) is 16.4 Å². The molecule has 0 bridgehead atoms. The molecule has 0 aliphatic heterocycles. The topological polar surface area (TPSA) is 91.0 Å². The summed E-state index contributed by atoms with van der Waals surface area (Å²) < 4.78 is 1.98. The quantitative estimate of drug-likeness (QED) is 0.580. The van der Waals surface area contributed by atoms with Crippen molar-refractivity contribution in [2.75, 3.05) is 17.3 Å². The van der Waals surface area contributed by atoms with Crippen LogP contribution in [0, 0.1) is 17.2 Å². The molecule has 170 valence electrons. The Hall–Kier alpha value is -3.66. The Morgan fingerprint density at radius 3 is 2.45 bits per heavy atom. The van der Waals surface area contributed by atoms with Crippen LogP contribution in [0.2, 0.25) is 0 Å². The number of rotatable bonds is 5. The van der Waals surface area contributed by atoms with Crippen LogP contribution < -0.4 is 10.2 Å². The van der Waals surface area contributed by atoms with Crippen molar-refractivity contribution in [3.05, 3.63) is 53.6 Å². The van der Waals surface area contributed by atoms with Crippen LogP contribution in [0.25, 0.3) is 11.0 Å². The number of hydrogen-bond donors (Lipinski definition) is 1. The minimum absolute atomic E-state index is 0.0683. The molecule has 1 N–H and O–H groups in total. The summed E-state index contributed by atoms with van der Waals surface area (Å²) in [5.74, 6) is 0.413. The third kappa shape index (κ3) is 4.61. The van der Waals surface area contributed by atoms with Crippen molar-refractivity contribution in [3.63, 3.8) is 0 Å². The monoisotopic (exact) mass is 443 g/mol. The molecule has 2 aromatic carbocycles. The maximum absolute atomic E-state index is 13.0.